The Labute approximate surface area is 220 Å². The molecule has 0 saturated carbocycles. The van der Waals surface area contributed by atoms with Crippen molar-refractivity contribution in [2.75, 3.05) is 10.2 Å². The second kappa shape index (κ2) is 10.8. The summed E-state index contributed by atoms with van der Waals surface area (Å²) in [6.45, 7) is 10.5. The molecule has 0 aliphatic rings. The summed E-state index contributed by atoms with van der Waals surface area (Å²) in [7, 11) is 0. The van der Waals surface area contributed by atoms with E-state index in [1.807, 2.05) is 6.07 Å². The molecule has 0 spiro atoms. The van der Waals surface area contributed by atoms with Gasteiger partial charge in [0.1, 0.15) is 23.0 Å². The maximum Gasteiger partial charge on any atom is 0.420 e. The summed E-state index contributed by atoms with van der Waals surface area (Å²) in [5.74, 6) is 0.128. The molecule has 3 aromatic rings. The van der Waals surface area contributed by atoms with Crippen molar-refractivity contribution in [3.05, 3.63) is 59.6 Å². The number of halogens is 1. The molecule has 0 radical (unpaired) electrons. The minimum absolute atomic E-state index is 0.0489. The van der Waals surface area contributed by atoms with E-state index in [9.17, 15) is 14.9 Å². The van der Waals surface area contributed by atoms with Crippen molar-refractivity contribution >= 4 is 41.0 Å². The SMILES string of the molecule is CC(C)(C)OC(=O)Nc1cnc(C#N)c(-c2cncc(N(C(=O)OC(C)(C)C)c3cccc(Cl)c3)n2)c1. The summed E-state index contributed by atoms with van der Waals surface area (Å²) in [5.41, 5.74) is -0.198. The molecule has 0 saturated heterocycles. The van der Waals surface area contributed by atoms with Crippen LogP contribution in [0.2, 0.25) is 5.02 Å². The van der Waals surface area contributed by atoms with Crippen LogP contribution in [0.1, 0.15) is 47.2 Å². The number of benzene rings is 1. The topological polar surface area (TPSA) is 130 Å². The lowest BCUT2D eigenvalue weighted by Crippen LogP contribution is -2.34. The zero-order chi connectivity index (χ0) is 27.4. The van der Waals surface area contributed by atoms with E-state index < -0.39 is 23.4 Å². The van der Waals surface area contributed by atoms with Crippen LogP contribution in [-0.4, -0.2) is 38.3 Å². The Morgan fingerprint density at radius 2 is 1.73 bits per heavy atom. The Bertz CT molecular complexity index is 1360. The van der Waals surface area contributed by atoms with E-state index in [1.165, 1.54) is 29.6 Å². The second-order valence-electron chi connectivity index (χ2n) is 9.92. The minimum atomic E-state index is -0.779. The summed E-state index contributed by atoms with van der Waals surface area (Å²) in [5, 5.41) is 12.6. The second-order valence-corrected chi connectivity index (χ2v) is 10.4. The van der Waals surface area contributed by atoms with E-state index in [-0.39, 0.29) is 22.9 Å². The normalized spacial score (nSPS) is 11.3. The molecule has 0 fully saturated rings. The van der Waals surface area contributed by atoms with E-state index in [1.54, 1.807) is 65.8 Å². The quantitative estimate of drug-likeness (QED) is 0.411. The predicted molar refractivity (Wildman–Crippen MR) is 140 cm³/mol. The molecule has 0 aliphatic carbocycles. The van der Waals surface area contributed by atoms with Gasteiger partial charge < -0.3 is 9.47 Å². The third-order valence-corrected chi connectivity index (χ3v) is 4.64. The average Bonchev–Trinajstić information content (AvgIpc) is 2.77. The largest absolute Gasteiger partial charge is 0.444 e. The molecule has 1 aromatic carbocycles. The summed E-state index contributed by atoms with van der Waals surface area (Å²) in [4.78, 5) is 39.6. The molecule has 10 nitrogen and oxygen atoms in total. The first-order valence-electron chi connectivity index (χ1n) is 11.3. The highest BCUT2D eigenvalue weighted by molar-refractivity contribution is 6.31. The third-order valence-electron chi connectivity index (χ3n) is 4.41. The van der Waals surface area contributed by atoms with E-state index >= 15 is 0 Å². The molecule has 11 heteroatoms. The molecule has 2 aromatic heterocycles. The predicted octanol–water partition coefficient (Wildman–Crippen LogP) is 6.48. The fourth-order valence-electron chi connectivity index (χ4n) is 3.09. The summed E-state index contributed by atoms with van der Waals surface area (Å²) < 4.78 is 10.9. The molecular formula is C26H27ClN6O4. The molecule has 0 atom stereocenters. The molecule has 0 bridgehead atoms. The lowest BCUT2D eigenvalue weighted by Gasteiger charge is -2.27. The molecule has 2 amide bonds. The Balaban J connectivity index is 2.06. The lowest BCUT2D eigenvalue weighted by molar-refractivity contribution is 0.0595. The molecule has 1 N–H and O–H groups in total. The van der Waals surface area contributed by atoms with Crippen molar-refractivity contribution in [3.8, 4) is 17.3 Å². The van der Waals surface area contributed by atoms with Gasteiger partial charge in [0.2, 0.25) is 0 Å². The smallest absolute Gasteiger partial charge is 0.420 e. The first kappa shape index (κ1) is 27.4. The third kappa shape index (κ3) is 7.62. The Morgan fingerprint density at radius 1 is 1.03 bits per heavy atom. The van der Waals surface area contributed by atoms with Gasteiger partial charge >= 0.3 is 12.2 Å². The number of nitriles is 1. The fraction of sp³-hybridized carbons (Fsp3) is 0.308. The van der Waals surface area contributed by atoms with Crippen molar-refractivity contribution in [2.45, 2.75) is 52.7 Å². The van der Waals surface area contributed by atoms with Crippen molar-refractivity contribution < 1.29 is 19.1 Å². The average molecular weight is 523 g/mol. The number of nitrogens with one attached hydrogen (secondary N) is 1. The Hall–Kier alpha value is -4.23. The van der Waals surface area contributed by atoms with E-state index in [4.69, 9.17) is 21.1 Å². The van der Waals surface area contributed by atoms with Gasteiger partial charge in [-0.25, -0.2) is 24.5 Å². The fourth-order valence-corrected chi connectivity index (χ4v) is 3.27. The van der Waals surface area contributed by atoms with Crippen LogP contribution in [0.15, 0.2) is 48.9 Å². The number of amides is 2. The standard InChI is InChI=1S/C26H27ClN6O4/c1-25(2,3)36-23(34)31-17-11-19(20(12-28)30-13-17)21-14-29-15-22(32-21)33(24(35)37-26(4,5)6)18-9-7-8-16(27)10-18/h7-11,13-15H,1-6H3,(H,31,34). The number of nitrogens with zero attached hydrogens (tertiary/aromatic N) is 5. The number of aromatic nitrogens is 3. The number of hydrogen-bond acceptors (Lipinski definition) is 8. The van der Waals surface area contributed by atoms with Crippen molar-refractivity contribution in [2.24, 2.45) is 0 Å². The maximum atomic E-state index is 13.2. The first-order chi connectivity index (χ1) is 17.3. The minimum Gasteiger partial charge on any atom is -0.444 e. The number of pyridine rings is 1. The van der Waals surface area contributed by atoms with Crippen molar-refractivity contribution in [3.63, 3.8) is 0 Å². The molecule has 192 valence electrons. The molecule has 2 heterocycles. The lowest BCUT2D eigenvalue weighted by atomic mass is 10.1. The van der Waals surface area contributed by atoms with Crippen LogP contribution in [0, 0.1) is 11.3 Å². The van der Waals surface area contributed by atoms with E-state index in [0.29, 0.717) is 16.3 Å². The number of carbonyl (C=O) groups is 2. The van der Waals surface area contributed by atoms with Gasteiger partial charge in [-0.1, -0.05) is 17.7 Å². The number of hydrogen-bond donors (Lipinski definition) is 1. The van der Waals surface area contributed by atoms with Crippen LogP contribution < -0.4 is 10.2 Å². The van der Waals surface area contributed by atoms with Crippen LogP contribution in [-0.2, 0) is 9.47 Å². The highest BCUT2D eigenvalue weighted by atomic mass is 35.5. The summed E-state index contributed by atoms with van der Waals surface area (Å²) >= 11 is 6.18. The molecule has 0 unspecified atom stereocenters. The highest BCUT2D eigenvalue weighted by Crippen LogP contribution is 2.31. The van der Waals surface area contributed by atoms with Crippen LogP contribution in [0.25, 0.3) is 11.3 Å². The van der Waals surface area contributed by atoms with Gasteiger partial charge in [-0.05, 0) is 65.8 Å². The molecule has 3 rings (SSSR count). The maximum absolute atomic E-state index is 13.2. The van der Waals surface area contributed by atoms with Gasteiger partial charge in [0, 0.05) is 10.6 Å². The monoisotopic (exact) mass is 522 g/mol. The summed E-state index contributed by atoms with van der Waals surface area (Å²) in [6.07, 6.45) is 2.77. The Morgan fingerprint density at radius 3 is 2.35 bits per heavy atom. The van der Waals surface area contributed by atoms with E-state index in [2.05, 4.69) is 20.3 Å². The van der Waals surface area contributed by atoms with E-state index in [0.717, 1.165) is 0 Å². The Kier molecular flexibility index (Phi) is 7.99. The zero-order valence-electron chi connectivity index (χ0n) is 21.4. The van der Waals surface area contributed by atoms with Crippen molar-refractivity contribution in [1.82, 2.24) is 15.0 Å². The van der Waals surface area contributed by atoms with Gasteiger partial charge in [-0.2, -0.15) is 5.26 Å². The van der Waals surface area contributed by atoms with Gasteiger partial charge in [0.25, 0.3) is 0 Å². The number of ether oxygens (including phenoxy) is 2. The van der Waals surface area contributed by atoms with Crippen LogP contribution in [0.5, 0.6) is 0 Å². The molecule has 0 aliphatic heterocycles. The zero-order valence-corrected chi connectivity index (χ0v) is 22.1. The summed E-state index contributed by atoms with van der Waals surface area (Å²) in [6, 6.07) is 10.2. The van der Waals surface area contributed by atoms with Crippen LogP contribution in [0.4, 0.5) is 26.8 Å². The van der Waals surface area contributed by atoms with Gasteiger partial charge in [0.05, 0.1) is 35.7 Å². The van der Waals surface area contributed by atoms with Gasteiger partial charge in [-0.3, -0.25) is 10.3 Å². The van der Waals surface area contributed by atoms with Gasteiger partial charge in [0.15, 0.2) is 5.82 Å². The molecule has 37 heavy (non-hydrogen) atoms. The van der Waals surface area contributed by atoms with Crippen LogP contribution in [0.3, 0.4) is 0 Å². The number of rotatable bonds is 4. The van der Waals surface area contributed by atoms with Crippen molar-refractivity contribution in [1.29, 1.82) is 5.26 Å². The first-order valence-corrected chi connectivity index (χ1v) is 11.6. The number of carbonyl (C=O) groups excluding carboxylic acids is 2. The number of anilines is 3. The van der Waals surface area contributed by atoms with Crippen LogP contribution >= 0.6 is 11.6 Å². The molecular weight excluding hydrogens is 496 g/mol. The highest BCUT2D eigenvalue weighted by Gasteiger charge is 2.27. The van der Waals surface area contributed by atoms with Gasteiger partial charge in [-0.15, -0.1) is 0 Å².